The fourth-order valence-corrected chi connectivity index (χ4v) is 1.78. The maximum absolute atomic E-state index is 11.8. The van der Waals surface area contributed by atoms with Crippen molar-refractivity contribution in [2.24, 2.45) is 0 Å². The highest BCUT2D eigenvalue weighted by molar-refractivity contribution is 5.98. The molecular weight excluding hydrogens is 296 g/mol. The lowest BCUT2D eigenvalue weighted by atomic mass is 10.2. The summed E-state index contributed by atoms with van der Waals surface area (Å²) in [5.41, 5.74) is 1.52. The molecule has 7 nitrogen and oxygen atoms in total. The zero-order valence-electron chi connectivity index (χ0n) is 12.2. The summed E-state index contributed by atoms with van der Waals surface area (Å²) in [6.45, 7) is 1.29. The van der Waals surface area contributed by atoms with Gasteiger partial charge in [-0.05, 0) is 30.3 Å². The predicted molar refractivity (Wildman–Crippen MR) is 84.4 cm³/mol. The van der Waals surface area contributed by atoms with Crippen LogP contribution in [0, 0.1) is 6.54 Å². The van der Waals surface area contributed by atoms with E-state index in [2.05, 4.69) is 20.9 Å². The van der Waals surface area contributed by atoms with Crippen LogP contribution in [0.25, 0.3) is 0 Å². The number of hydrogen-bond donors (Lipinski definition) is 3. The molecule has 1 heterocycles. The maximum atomic E-state index is 11.8. The Morgan fingerprint density at radius 1 is 1.13 bits per heavy atom. The van der Waals surface area contributed by atoms with Gasteiger partial charge in [0.25, 0.3) is 5.91 Å². The number of nitrogens with zero attached hydrogens (tertiary/aromatic N) is 1. The Hall–Kier alpha value is -3.22. The molecule has 0 aliphatic rings. The number of carbonyl (C=O) groups is 3. The van der Waals surface area contributed by atoms with Crippen LogP contribution < -0.4 is 16.0 Å². The van der Waals surface area contributed by atoms with Crippen LogP contribution in [0.3, 0.4) is 0 Å². The summed E-state index contributed by atoms with van der Waals surface area (Å²) in [6, 6.07) is 11.4. The van der Waals surface area contributed by atoms with Gasteiger partial charge in [-0.15, -0.1) is 0 Å². The molecule has 1 aromatic heterocycles. The quantitative estimate of drug-likeness (QED) is 0.704. The first kappa shape index (κ1) is 16.2. The van der Waals surface area contributed by atoms with Crippen molar-refractivity contribution >= 4 is 23.9 Å². The van der Waals surface area contributed by atoms with E-state index in [9.17, 15) is 14.4 Å². The second-order valence-corrected chi connectivity index (χ2v) is 4.49. The molecule has 0 fully saturated rings. The molecule has 0 saturated heterocycles. The zero-order valence-corrected chi connectivity index (χ0v) is 12.2. The SMILES string of the molecule is O=C[CH]NC(=O)c1cccc(NC(=O)NCc2ccccn2)c1. The molecule has 2 rings (SSSR count). The van der Waals surface area contributed by atoms with Crippen LogP contribution in [-0.4, -0.2) is 23.2 Å². The van der Waals surface area contributed by atoms with Gasteiger partial charge < -0.3 is 20.7 Å². The molecule has 0 bridgehead atoms. The number of carbonyl (C=O) groups excluding carboxylic acids is 3. The molecule has 1 radical (unpaired) electrons. The number of rotatable bonds is 6. The molecule has 117 valence electrons. The lowest BCUT2D eigenvalue weighted by molar-refractivity contribution is -0.105. The minimum atomic E-state index is -0.436. The van der Waals surface area contributed by atoms with Gasteiger partial charge in [-0.1, -0.05) is 12.1 Å². The van der Waals surface area contributed by atoms with E-state index in [-0.39, 0.29) is 0 Å². The Labute approximate surface area is 133 Å². The van der Waals surface area contributed by atoms with E-state index in [1.54, 1.807) is 36.5 Å². The molecule has 2 aromatic rings. The third kappa shape index (κ3) is 5.24. The highest BCUT2D eigenvalue weighted by Crippen LogP contribution is 2.10. The van der Waals surface area contributed by atoms with Gasteiger partial charge in [-0.2, -0.15) is 0 Å². The van der Waals surface area contributed by atoms with E-state index in [4.69, 9.17) is 0 Å². The molecule has 0 unspecified atom stereocenters. The van der Waals surface area contributed by atoms with Crippen LogP contribution in [0.4, 0.5) is 10.5 Å². The first-order valence-corrected chi connectivity index (χ1v) is 6.81. The standard InChI is InChI=1S/C16H15N4O3/c21-9-8-18-15(22)12-4-3-6-13(10-12)20-16(23)19-11-14-5-1-2-7-17-14/h1-10H,11H2,(H,18,22)(H2,19,20,23). The number of amides is 3. The highest BCUT2D eigenvalue weighted by Gasteiger charge is 2.07. The molecular formula is C16H15N4O3. The summed E-state index contributed by atoms with van der Waals surface area (Å²) in [5.74, 6) is -0.436. The van der Waals surface area contributed by atoms with E-state index in [0.717, 1.165) is 12.2 Å². The summed E-state index contributed by atoms with van der Waals surface area (Å²) < 4.78 is 0. The number of aldehydes is 1. The van der Waals surface area contributed by atoms with Crippen molar-refractivity contribution in [3.8, 4) is 0 Å². The Morgan fingerprint density at radius 3 is 2.74 bits per heavy atom. The van der Waals surface area contributed by atoms with Gasteiger partial charge in [0.2, 0.25) is 0 Å². The summed E-state index contributed by atoms with van der Waals surface area (Å²) in [7, 11) is 0. The molecule has 0 saturated carbocycles. The lowest BCUT2D eigenvalue weighted by Crippen LogP contribution is -2.28. The van der Waals surface area contributed by atoms with E-state index >= 15 is 0 Å². The number of benzene rings is 1. The first-order chi connectivity index (χ1) is 11.2. The Morgan fingerprint density at radius 2 is 2.00 bits per heavy atom. The molecule has 3 N–H and O–H groups in total. The van der Waals surface area contributed by atoms with Crippen LogP contribution >= 0.6 is 0 Å². The van der Waals surface area contributed by atoms with Gasteiger partial charge in [-0.25, -0.2) is 4.79 Å². The molecule has 23 heavy (non-hydrogen) atoms. The number of hydrogen-bond acceptors (Lipinski definition) is 4. The normalized spacial score (nSPS) is 9.74. The van der Waals surface area contributed by atoms with Gasteiger partial charge in [-0.3, -0.25) is 9.78 Å². The molecule has 0 spiro atoms. The average Bonchev–Trinajstić information content (AvgIpc) is 2.59. The van der Waals surface area contributed by atoms with Crippen molar-refractivity contribution < 1.29 is 14.4 Å². The largest absolute Gasteiger partial charge is 0.340 e. The Kier molecular flexibility index (Phi) is 5.81. The smallest absolute Gasteiger partial charge is 0.319 e. The number of anilines is 1. The molecule has 0 aliphatic heterocycles. The van der Waals surface area contributed by atoms with E-state index < -0.39 is 11.9 Å². The molecule has 0 atom stereocenters. The average molecular weight is 311 g/mol. The second-order valence-electron chi connectivity index (χ2n) is 4.49. The third-order valence-corrected chi connectivity index (χ3v) is 2.82. The van der Waals surface area contributed by atoms with Crippen LogP contribution in [0.1, 0.15) is 16.1 Å². The number of urea groups is 1. The third-order valence-electron chi connectivity index (χ3n) is 2.82. The number of pyridine rings is 1. The lowest BCUT2D eigenvalue weighted by Gasteiger charge is -2.08. The van der Waals surface area contributed by atoms with Crippen molar-refractivity contribution in [3.05, 3.63) is 66.5 Å². The van der Waals surface area contributed by atoms with Crippen LogP contribution in [0.2, 0.25) is 0 Å². The van der Waals surface area contributed by atoms with Gasteiger partial charge in [0.15, 0.2) is 0 Å². The number of nitrogens with one attached hydrogen (secondary N) is 3. The highest BCUT2D eigenvalue weighted by atomic mass is 16.2. The summed E-state index contributed by atoms with van der Waals surface area (Å²) >= 11 is 0. The minimum Gasteiger partial charge on any atom is -0.340 e. The van der Waals surface area contributed by atoms with Crippen molar-refractivity contribution in [1.82, 2.24) is 15.6 Å². The zero-order chi connectivity index (χ0) is 16.5. The van der Waals surface area contributed by atoms with Crippen molar-refractivity contribution in [2.45, 2.75) is 6.54 Å². The fraction of sp³-hybridized carbons (Fsp3) is 0.0625. The first-order valence-electron chi connectivity index (χ1n) is 6.81. The van der Waals surface area contributed by atoms with E-state index in [0.29, 0.717) is 24.1 Å². The van der Waals surface area contributed by atoms with Crippen LogP contribution in [0.5, 0.6) is 0 Å². The van der Waals surface area contributed by atoms with Gasteiger partial charge >= 0.3 is 6.03 Å². The topological polar surface area (TPSA) is 100 Å². The van der Waals surface area contributed by atoms with E-state index in [1.807, 2.05) is 6.07 Å². The molecule has 7 heteroatoms. The van der Waals surface area contributed by atoms with Crippen molar-refractivity contribution in [3.63, 3.8) is 0 Å². The molecule has 0 aliphatic carbocycles. The fourth-order valence-electron chi connectivity index (χ4n) is 1.78. The summed E-state index contributed by atoms with van der Waals surface area (Å²) in [6.07, 6.45) is 2.12. The van der Waals surface area contributed by atoms with Crippen molar-refractivity contribution in [1.29, 1.82) is 0 Å². The monoisotopic (exact) mass is 311 g/mol. The summed E-state index contributed by atoms with van der Waals surface area (Å²) in [5, 5.41) is 7.60. The Bertz CT molecular complexity index is 689. The minimum absolute atomic E-state index is 0.293. The van der Waals surface area contributed by atoms with Gasteiger partial charge in [0, 0.05) is 17.4 Å². The van der Waals surface area contributed by atoms with Crippen LogP contribution in [-0.2, 0) is 11.3 Å². The number of aromatic nitrogens is 1. The second kappa shape index (κ2) is 8.28. The summed E-state index contributed by atoms with van der Waals surface area (Å²) in [4.78, 5) is 37.8. The predicted octanol–water partition coefficient (Wildman–Crippen LogP) is 1.49. The molecule has 1 aromatic carbocycles. The maximum Gasteiger partial charge on any atom is 0.319 e. The Balaban J connectivity index is 1.90. The van der Waals surface area contributed by atoms with Crippen molar-refractivity contribution in [2.75, 3.05) is 5.32 Å². The van der Waals surface area contributed by atoms with Gasteiger partial charge in [0.1, 0.15) is 12.8 Å². The van der Waals surface area contributed by atoms with Gasteiger partial charge in [0.05, 0.1) is 12.2 Å². The van der Waals surface area contributed by atoms with Crippen LogP contribution in [0.15, 0.2) is 48.7 Å². The van der Waals surface area contributed by atoms with E-state index in [1.165, 1.54) is 6.07 Å². The molecule has 3 amide bonds.